The minimum absolute atomic E-state index is 0.896. The lowest BCUT2D eigenvalue weighted by Gasteiger charge is -2.11. The lowest BCUT2D eigenvalue weighted by Crippen LogP contribution is -2.45. The summed E-state index contributed by atoms with van der Waals surface area (Å²) in [6, 6.07) is -2.45. The summed E-state index contributed by atoms with van der Waals surface area (Å²) in [6.07, 6.45) is 0. The maximum Gasteiger partial charge on any atom is 0.322 e. The summed E-state index contributed by atoms with van der Waals surface area (Å²) in [5.74, 6) is -6.29. The average molecular weight is 202 g/mol. The van der Waals surface area contributed by atoms with E-state index in [4.69, 9.17) is 10.2 Å². The average Bonchev–Trinajstić information content (AvgIpc) is 2.29. The molecule has 0 saturated carbocycles. The van der Waals surface area contributed by atoms with Gasteiger partial charge < -0.3 is 15.5 Å². The van der Waals surface area contributed by atoms with Gasteiger partial charge in [-0.1, -0.05) is 0 Å². The maximum absolute atomic E-state index is 10.9. The third-order valence-corrected chi connectivity index (χ3v) is 1.67. The van der Waals surface area contributed by atoms with Crippen LogP contribution in [0.1, 0.15) is 0 Å². The van der Waals surface area contributed by atoms with Crippen LogP contribution in [0.15, 0.2) is 0 Å². The number of hydrogen-bond acceptors (Lipinski definition) is 4. The largest absolute Gasteiger partial charge is 0.481 e. The molecule has 1 heterocycles. The second kappa shape index (κ2) is 3.32. The van der Waals surface area contributed by atoms with Gasteiger partial charge in [0.1, 0.15) is 6.04 Å². The Labute approximate surface area is 76.9 Å². The number of rotatable bonds is 3. The normalized spacial score (nSPS) is 20.5. The molecule has 8 nitrogen and oxygen atoms in total. The molecule has 0 aromatic rings. The number of carboxylic acid groups (broad SMARTS) is 2. The minimum atomic E-state index is -1.97. The number of carbonyl (C=O) groups is 4. The molecule has 1 aliphatic rings. The molecule has 0 radical (unpaired) electrons. The molecule has 1 atom stereocenters. The monoisotopic (exact) mass is 202 g/mol. The fourth-order valence-corrected chi connectivity index (χ4v) is 1.06. The number of urea groups is 1. The van der Waals surface area contributed by atoms with Crippen LogP contribution in [0.2, 0.25) is 0 Å². The zero-order valence-electron chi connectivity index (χ0n) is 6.68. The highest BCUT2D eigenvalue weighted by atomic mass is 16.4. The molecule has 0 aliphatic carbocycles. The molecule has 4 N–H and O–H groups in total. The quantitative estimate of drug-likeness (QED) is 0.308. The fraction of sp³-hybridized carbons (Fsp3) is 0.333. The second-order valence-corrected chi connectivity index (χ2v) is 2.59. The Balaban J connectivity index is 2.90. The van der Waals surface area contributed by atoms with Gasteiger partial charge in [0.15, 0.2) is 5.92 Å². The minimum Gasteiger partial charge on any atom is -0.481 e. The Morgan fingerprint density at radius 2 is 1.71 bits per heavy atom. The number of nitrogens with one attached hydrogen (secondary N) is 2. The summed E-state index contributed by atoms with van der Waals surface area (Å²) in [4.78, 5) is 42.4. The molecule has 0 aromatic heterocycles. The zero-order valence-corrected chi connectivity index (χ0v) is 6.68. The van der Waals surface area contributed by atoms with E-state index in [-0.39, 0.29) is 0 Å². The van der Waals surface area contributed by atoms with Crippen LogP contribution in [0.25, 0.3) is 0 Å². The molecular formula is C6H6N2O6. The SMILES string of the molecule is O=C1NC(=O)C(C(C(=O)O)C(=O)O)N1. The van der Waals surface area contributed by atoms with Gasteiger partial charge in [-0.2, -0.15) is 0 Å². The Bertz CT molecular complexity index is 310. The second-order valence-electron chi connectivity index (χ2n) is 2.59. The van der Waals surface area contributed by atoms with E-state index < -0.39 is 35.8 Å². The van der Waals surface area contributed by atoms with Gasteiger partial charge in [-0.15, -0.1) is 0 Å². The Kier molecular flexibility index (Phi) is 2.36. The molecule has 1 rings (SSSR count). The van der Waals surface area contributed by atoms with Gasteiger partial charge in [0.25, 0.3) is 5.91 Å². The van der Waals surface area contributed by atoms with Gasteiger partial charge >= 0.3 is 18.0 Å². The predicted octanol–water partition coefficient (Wildman–Crippen LogP) is -2.02. The van der Waals surface area contributed by atoms with Crippen LogP contribution in [0.5, 0.6) is 0 Å². The standard InChI is InChI=1S/C6H6N2O6/c9-3-2(7-6(14)8-3)1(4(10)11)5(12)13/h1-2H,(H,10,11)(H,12,13)(H2,7,8,9,14). The molecule has 14 heavy (non-hydrogen) atoms. The van der Waals surface area contributed by atoms with Crippen molar-refractivity contribution >= 4 is 23.9 Å². The van der Waals surface area contributed by atoms with E-state index >= 15 is 0 Å². The lowest BCUT2D eigenvalue weighted by molar-refractivity contribution is -0.157. The van der Waals surface area contributed by atoms with Crippen molar-refractivity contribution in [3.05, 3.63) is 0 Å². The van der Waals surface area contributed by atoms with Crippen molar-refractivity contribution in [2.45, 2.75) is 6.04 Å². The van der Waals surface area contributed by atoms with E-state index in [1.807, 2.05) is 5.32 Å². The molecule has 1 saturated heterocycles. The van der Waals surface area contributed by atoms with Gasteiger partial charge in [0.2, 0.25) is 0 Å². The van der Waals surface area contributed by atoms with E-state index in [1.165, 1.54) is 0 Å². The first-order valence-corrected chi connectivity index (χ1v) is 3.50. The first-order chi connectivity index (χ1) is 6.43. The number of imide groups is 1. The van der Waals surface area contributed by atoms with E-state index in [1.54, 1.807) is 5.32 Å². The van der Waals surface area contributed by atoms with Gasteiger partial charge in [0.05, 0.1) is 0 Å². The highest BCUT2D eigenvalue weighted by molar-refractivity contribution is 6.09. The molecular weight excluding hydrogens is 196 g/mol. The summed E-state index contributed by atoms with van der Waals surface area (Å²) in [5.41, 5.74) is 0. The van der Waals surface area contributed by atoms with Gasteiger partial charge in [-0.05, 0) is 0 Å². The predicted molar refractivity (Wildman–Crippen MR) is 39.2 cm³/mol. The van der Waals surface area contributed by atoms with E-state index in [0.29, 0.717) is 0 Å². The molecule has 0 aromatic carbocycles. The highest BCUT2D eigenvalue weighted by Gasteiger charge is 2.44. The number of aliphatic carboxylic acids is 2. The van der Waals surface area contributed by atoms with Crippen LogP contribution in [0.4, 0.5) is 4.79 Å². The summed E-state index contributed by atoms with van der Waals surface area (Å²) in [7, 11) is 0. The molecule has 1 fully saturated rings. The number of carbonyl (C=O) groups excluding carboxylic acids is 2. The van der Waals surface area contributed by atoms with Crippen molar-refractivity contribution in [3.63, 3.8) is 0 Å². The van der Waals surface area contributed by atoms with Crippen LogP contribution in [-0.4, -0.2) is 40.1 Å². The molecule has 0 bridgehead atoms. The molecule has 1 unspecified atom stereocenters. The first kappa shape index (κ1) is 9.96. The van der Waals surface area contributed by atoms with Crippen molar-refractivity contribution in [1.29, 1.82) is 0 Å². The van der Waals surface area contributed by atoms with Crippen LogP contribution >= 0.6 is 0 Å². The van der Waals surface area contributed by atoms with Crippen LogP contribution in [0, 0.1) is 5.92 Å². The summed E-state index contributed by atoms with van der Waals surface area (Å²) in [5, 5.41) is 20.6. The molecule has 3 amide bonds. The summed E-state index contributed by atoms with van der Waals surface area (Å²) in [6.45, 7) is 0. The topological polar surface area (TPSA) is 133 Å². The smallest absolute Gasteiger partial charge is 0.322 e. The van der Waals surface area contributed by atoms with Crippen LogP contribution in [-0.2, 0) is 14.4 Å². The van der Waals surface area contributed by atoms with Gasteiger partial charge in [-0.3, -0.25) is 19.7 Å². The van der Waals surface area contributed by atoms with E-state index in [0.717, 1.165) is 0 Å². The maximum atomic E-state index is 10.9. The van der Waals surface area contributed by atoms with Crippen LogP contribution < -0.4 is 10.6 Å². The Hall–Kier alpha value is -2.12. The highest BCUT2D eigenvalue weighted by Crippen LogP contribution is 2.08. The van der Waals surface area contributed by atoms with Gasteiger partial charge in [0, 0.05) is 0 Å². The number of amides is 3. The third kappa shape index (κ3) is 1.63. The molecule has 8 heteroatoms. The van der Waals surface area contributed by atoms with E-state index in [2.05, 4.69) is 0 Å². The van der Waals surface area contributed by atoms with Crippen LogP contribution in [0.3, 0.4) is 0 Å². The van der Waals surface area contributed by atoms with Crippen molar-refractivity contribution < 1.29 is 29.4 Å². The van der Waals surface area contributed by atoms with Crippen molar-refractivity contribution in [3.8, 4) is 0 Å². The Morgan fingerprint density at radius 1 is 1.21 bits per heavy atom. The van der Waals surface area contributed by atoms with E-state index in [9.17, 15) is 19.2 Å². The molecule has 0 spiro atoms. The Morgan fingerprint density at radius 3 is 2.00 bits per heavy atom. The van der Waals surface area contributed by atoms with Gasteiger partial charge in [-0.25, -0.2) is 4.79 Å². The molecule has 1 aliphatic heterocycles. The fourth-order valence-electron chi connectivity index (χ4n) is 1.06. The summed E-state index contributed by atoms with van der Waals surface area (Å²) >= 11 is 0. The van der Waals surface area contributed by atoms with Crippen molar-refractivity contribution in [2.75, 3.05) is 0 Å². The lowest BCUT2D eigenvalue weighted by atomic mass is 10.0. The van der Waals surface area contributed by atoms with Crippen molar-refractivity contribution in [2.24, 2.45) is 5.92 Å². The third-order valence-electron chi connectivity index (χ3n) is 1.67. The summed E-state index contributed by atoms with van der Waals surface area (Å²) < 4.78 is 0. The van der Waals surface area contributed by atoms with Crippen molar-refractivity contribution in [1.82, 2.24) is 10.6 Å². The first-order valence-electron chi connectivity index (χ1n) is 3.50. The number of hydrogen-bond donors (Lipinski definition) is 4. The molecule has 76 valence electrons. The zero-order chi connectivity index (χ0) is 10.9. The number of carboxylic acids is 2.